The Morgan fingerprint density at radius 2 is 1.23 bits per heavy atom. The molecule has 0 amide bonds. The fourth-order valence-electron chi connectivity index (χ4n) is 0.841. The quantitative estimate of drug-likeness (QED) is 0.441. The lowest BCUT2D eigenvalue weighted by Crippen LogP contribution is -1.87. The van der Waals surface area contributed by atoms with Gasteiger partial charge in [-0.1, -0.05) is 52.2 Å². The molecule has 0 atom stereocenters. The first-order valence-electron chi connectivity index (χ1n) is 4.89. The maximum atomic E-state index is 9.67. The van der Waals surface area contributed by atoms with E-state index in [1.165, 1.54) is 38.3 Å². The van der Waals surface area contributed by atoms with Gasteiger partial charge < -0.3 is 0 Å². The number of rotatable bonds is 6. The van der Waals surface area contributed by atoms with Gasteiger partial charge >= 0.3 is 7.54 Å². The minimum atomic E-state index is -3.67. The fourth-order valence-corrected chi connectivity index (χ4v) is 0.841. The van der Waals surface area contributed by atoms with Crippen LogP contribution in [0, 0.1) is 0 Å². The van der Waals surface area contributed by atoms with Crippen LogP contribution in [0.1, 0.15) is 39.5 Å². The minimum absolute atomic E-state index is 1.33. The summed E-state index contributed by atoms with van der Waals surface area (Å²) in [6, 6.07) is 0. The zero-order valence-corrected chi connectivity index (χ0v) is 8.53. The Labute approximate surface area is 80.8 Å². The smallest absolute Gasteiger partial charge is 0.254 e. The molecule has 0 aromatic carbocycles. The molecule has 1 radical (unpaired) electrons. The van der Waals surface area contributed by atoms with Gasteiger partial charge in [0.25, 0.3) is 0 Å². The summed E-state index contributed by atoms with van der Waals surface area (Å²) in [4.78, 5) is 0. The molecule has 0 saturated carbocycles. The van der Waals surface area contributed by atoms with Crippen molar-refractivity contribution in [2.75, 3.05) is 0 Å². The zero-order chi connectivity index (χ0) is 10.5. The van der Waals surface area contributed by atoms with Crippen LogP contribution in [0.25, 0.3) is 0 Å². The molecule has 13 heavy (non-hydrogen) atoms. The van der Waals surface area contributed by atoms with E-state index < -0.39 is 7.54 Å². The van der Waals surface area contributed by atoms with Gasteiger partial charge in [0.15, 0.2) is 0 Å². The fraction of sp³-hybridized carbons (Fsp3) is 1.00. The molecule has 77 valence electrons. The van der Waals surface area contributed by atoms with Crippen LogP contribution >= 0.6 is 0 Å². The van der Waals surface area contributed by atoms with Gasteiger partial charge in [0, 0.05) is 0 Å². The van der Waals surface area contributed by atoms with Crippen molar-refractivity contribution in [3.63, 3.8) is 0 Å². The van der Waals surface area contributed by atoms with Gasteiger partial charge in [0.05, 0.1) is 0 Å². The average molecular weight is 193 g/mol. The molecule has 0 aromatic heterocycles. The molecule has 0 nitrogen and oxygen atoms in total. The van der Waals surface area contributed by atoms with Gasteiger partial charge in [-0.3, -0.25) is 12.9 Å². The SMILES string of the molecule is CCCC[B]CCCC.FB(F)F. The van der Waals surface area contributed by atoms with Gasteiger partial charge in [-0.2, -0.15) is 0 Å². The van der Waals surface area contributed by atoms with Crippen molar-refractivity contribution in [3.05, 3.63) is 0 Å². The highest BCUT2D eigenvalue weighted by Gasteiger charge is 2.06. The van der Waals surface area contributed by atoms with E-state index in [1.807, 2.05) is 0 Å². The largest absolute Gasteiger partial charge is 0.762 e. The van der Waals surface area contributed by atoms with Crippen LogP contribution in [0.15, 0.2) is 0 Å². The van der Waals surface area contributed by atoms with Gasteiger partial charge in [0.2, 0.25) is 0 Å². The Balaban J connectivity index is 0. The number of hydrogen-bond donors (Lipinski definition) is 0. The third kappa shape index (κ3) is 33.5. The highest BCUT2D eigenvalue weighted by Crippen LogP contribution is 1.99. The Morgan fingerprint density at radius 3 is 1.46 bits per heavy atom. The molecule has 0 spiro atoms. The van der Waals surface area contributed by atoms with Gasteiger partial charge in [0.1, 0.15) is 7.28 Å². The lowest BCUT2D eigenvalue weighted by molar-refractivity contribution is 0.535. The zero-order valence-electron chi connectivity index (χ0n) is 8.53. The molecule has 0 aliphatic heterocycles. The Hall–Kier alpha value is -0.0801. The molecule has 5 heteroatoms. The second-order valence-corrected chi connectivity index (χ2v) is 2.82. The highest BCUT2D eigenvalue weighted by atomic mass is 19.4. The predicted octanol–water partition coefficient (Wildman–Crippen LogP) is 4.01. The molecule has 0 heterocycles. The average Bonchev–Trinajstić information content (AvgIpc) is 2.03. The van der Waals surface area contributed by atoms with Gasteiger partial charge in [-0.05, 0) is 0 Å². The van der Waals surface area contributed by atoms with Gasteiger partial charge in [-0.15, -0.1) is 0 Å². The number of halogens is 3. The summed E-state index contributed by atoms with van der Waals surface area (Å²) in [7, 11) is -1.24. The van der Waals surface area contributed by atoms with Crippen molar-refractivity contribution in [2.45, 2.75) is 52.2 Å². The van der Waals surface area contributed by atoms with Crippen LogP contribution in [0.5, 0.6) is 0 Å². The van der Waals surface area contributed by atoms with Crippen molar-refractivity contribution in [2.24, 2.45) is 0 Å². The van der Waals surface area contributed by atoms with Crippen molar-refractivity contribution in [1.82, 2.24) is 0 Å². The molecule has 0 rings (SSSR count). The van der Waals surface area contributed by atoms with E-state index in [0.29, 0.717) is 0 Å². The summed E-state index contributed by atoms with van der Waals surface area (Å²) in [5.41, 5.74) is 0. The molecule has 0 aliphatic carbocycles. The highest BCUT2D eigenvalue weighted by molar-refractivity contribution is 6.35. The Kier molecular flexibility index (Phi) is 17.1. The minimum Gasteiger partial charge on any atom is -0.254 e. The van der Waals surface area contributed by atoms with Crippen molar-refractivity contribution in [3.8, 4) is 0 Å². The van der Waals surface area contributed by atoms with E-state index >= 15 is 0 Å². The van der Waals surface area contributed by atoms with Crippen LogP contribution in [-0.4, -0.2) is 14.8 Å². The second kappa shape index (κ2) is 14.4. The maximum absolute atomic E-state index is 9.67. The Bertz CT molecular complexity index is 73.0. The molecular weight excluding hydrogens is 175 g/mol. The number of unbranched alkanes of at least 4 members (excludes halogenated alkanes) is 2. The van der Waals surface area contributed by atoms with Gasteiger partial charge in [-0.25, -0.2) is 0 Å². The van der Waals surface area contributed by atoms with E-state index in [4.69, 9.17) is 0 Å². The summed E-state index contributed by atoms with van der Waals surface area (Å²) in [6.07, 6.45) is 8.09. The van der Waals surface area contributed by atoms with E-state index in [-0.39, 0.29) is 0 Å². The maximum Gasteiger partial charge on any atom is 0.762 e. The summed E-state index contributed by atoms with van der Waals surface area (Å²) < 4.78 is 29.0. The lowest BCUT2D eigenvalue weighted by Gasteiger charge is -1.94. The normalized spacial score (nSPS) is 8.69. The van der Waals surface area contributed by atoms with Crippen LogP contribution in [0.2, 0.25) is 12.6 Å². The lowest BCUT2D eigenvalue weighted by atomic mass is 9.68. The van der Waals surface area contributed by atoms with Crippen LogP contribution in [0.4, 0.5) is 12.9 Å². The molecule has 0 N–H and O–H groups in total. The first-order chi connectivity index (χ1) is 6.15. The molecular formula is C8H18B2F3. The predicted molar refractivity (Wildman–Crippen MR) is 54.3 cm³/mol. The van der Waals surface area contributed by atoms with E-state index in [2.05, 4.69) is 21.1 Å². The van der Waals surface area contributed by atoms with E-state index in [9.17, 15) is 12.9 Å². The molecule has 0 fully saturated rings. The van der Waals surface area contributed by atoms with E-state index in [0.717, 1.165) is 0 Å². The van der Waals surface area contributed by atoms with Crippen molar-refractivity contribution >= 4 is 14.8 Å². The third-order valence-electron chi connectivity index (χ3n) is 1.52. The number of hydrogen-bond acceptors (Lipinski definition) is 0. The monoisotopic (exact) mass is 193 g/mol. The van der Waals surface area contributed by atoms with Crippen LogP contribution in [-0.2, 0) is 0 Å². The first kappa shape index (κ1) is 15.4. The van der Waals surface area contributed by atoms with E-state index in [1.54, 1.807) is 0 Å². The molecule has 0 aliphatic rings. The summed E-state index contributed by atoms with van der Waals surface area (Å²) in [5, 5.41) is 0. The standard InChI is InChI=1S/C8H18B.BF3/c1-3-5-7-9-8-6-4-2;2-1(3)4/h3-8H2,1-2H3;. The van der Waals surface area contributed by atoms with Crippen LogP contribution in [0.3, 0.4) is 0 Å². The molecule has 0 saturated heterocycles. The second-order valence-electron chi connectivity index (χ2n) is 2.82. The van der Waals surface area contributed by atoms with Crippen molar-refractivity contribution in [1.29, 1.82) is 0 Å². The van der Waals surface area contributed by atoms with Crippen LogP contribution < -0.4 is 0 Å². The topological polar surface area (TPSA) is 0 Å². The molecule has 0 aromatic rings. The first-order valence-corrected chi connectivity index (χ1v) is 4.89. The molecule has 0 unspecified atom stereocenters. The third-order valence-corrected chi connectivity index (χ3v) is 1.52. The summed E-state index contributed by atoms with van der Waals surface area (Å²) in [6.45, 7) is 4.49. The Morgan fingerprint density at radius 1 is 0.923 bits per heavy atom. The summed E-state index contributed by atoms with van der Waals surface area (Å²) in [5.74, 6) is 0. The van der Waals surface area contributed by atoms with Crippen molar-refractivity contribution < 1.29 is 12.9 Å². The molecule has 0 bridgehead atoms. The summed E-state index contributed by atoms with van der Waals surface area (Å²) >= 11 is 0.